The number of nitrogens with zero attached hydrogens (tertiary/aromatic N) is 5. The minimum atomic E-state index is -0.0820. The molecule has 1 aliphatic rings. The molecule has 0 amide bonds. The van der Waals surface area contributed by atoms with Gasteiger partial charge in [-0.05, 0) is 31.2 Å². The van der Waals surface area contributed by atoms with Crippen molar-refractivity contribution in [1.29, 1.82) is 0 Å². The van der Waals surface area contributed by atoms with E-state index >= 15 is 0 Å². The van der Waals surface area contributed by atoms with E-state index in [0.717, 1.165) is 51.5 Å². The van der Waals surface area contributed by atoms with Crippen LogP contribution in [-0.4, -0.2) is 58.9 Å². The molecule has 7 nitrogen and oxygen atoms in total. The Morgan fingerprint density at radius 1 is 1.12 bits per heavy atom. The monoisotopic (exact) mass is 328 g/mol. The number of aromatic nitrogens is 3. The summed E-state index contributed by atoms with van der Waals surface area (Å²) in [7, 11) is 1.66. The summed E-state index contributed by atoms with van der Waals surface area (Å²) in [5.41, 5.74) is 0.536. The number of rotatable bonds is 6. The van der Waals surface area contributed by atoms with Gasteiger partial charge in [-0.1, -0.05) is 6.07 Å². The van der Waals surface area contributed by atoms with Crippen molar-refractivity contribution < 1.29 is 0 Å². The van der Waals surface area contributed by atoms with Crippen molar-refractivity contribution in [1.82, 2.24) is 19.7 Å². The summed E-state index contributed by atoms with van der Waals surface area (Å²) in [5.74, 6) is 1.06. The van der Waals surface area contributed by atoms with Gasteiger partial charge < -0.3 is 10.2 Å². The predicted molar refractivity (Wildman–Crippen MR) is 95.5 cm³/mol. The summed E-state index contributed by atoms with van der Waals surface area (Å²) >= 11 is 0. The molecule has 0 unspecified atom stereocenters. The molecule has 1 aliphatic heterocycles. The predicted octanol–water partition coefficient (Wildman–Crippen LogP) is 0.799. The molecule has 0 bridgehead atoms. The zero-order chi connectivity index (χ0) is 16.8. The minimum absolute atomic E-state index is 0.0820. The SMILES string of the molecule is Cn1nccc(NCCCN2CCN(c3ccccn3)CC2)c1=O. The largest absolute Gasteiger partial charge is 0.380 e. The van der Waals surface area contributed by atoms with Crippen LogP contribution in [0.3, 0.4) is 0 Å². The smallest absolute Gasteiger partial charge is 0.289 e. The van der Waals surface area contributed by atoms with E-state index in [1.54, 1.807) is 19.3 Å². The lowest BCUT2D eigenvalue weighted by Crippen LogP contribution is -2.47. The first-order valence-corrected chi connectivity index (χ1v) is 8.38. The van der Waals surface area contributed by atoms with Crippen molar-refractivity contribution in [3.8, 4) is 0 Å². The molecule has 2 aromatic rings. The molecule has 1 saturated heterocycles. The maximum absolute atomic E-state index is 11.9. The van der Waals surface area contributed by atoms with Gasteiger partial charge >= 0.3 is 0 Å². The van der Waals surface area contributed by atoms with E-state index in [1.165, 1.54) is 4.68 Å². The lowest BCUT2D eigenvalue weighted by Gasteiger charge is -2.35. The molecule has 128 valence electrons. The number of anilines is 2. The normalized spacial score (nSPS) is 15.5. The highest BCUT2D eigenvalue weighted by Gasteiger charge is 2.17. The van der Waals surface area contributed by atoms with Crippen molar-refractivity contribution in [2.45, 2.75) is 6.42 Å². The Kier molecular flexibility index (Phi) is 5.43. The van der Waals surface area contributed by atoms with Crippen LogP contribution in [0.25, 0.3) is 0 Å². The van der Waals surface area contributed by atoms with Crippen molar-refractivity contribution in [2.24, 2.45) is 7.05 Å². The van der Waals surface area contributed by atoms with Crippen molar-refractivity contribution in [3.05, 3.63) is 47.0 Å². The van der Waals surface area contributed by atoms with Crippen LogP contribution in [0, 0.1) is 0 Å². The molecule has 0 aromatic carbocycles. The first-order valence-electron chi connectivity index (χ1n) is 8.38. The van der Waals surface area contributed by atoms with Gasteiger partial charge in [-0.25, -0.2) is 9.67 Å². The van der Waals surface area contributed by atoms with Gasteiger partial charge in [0.05, 0.1) is 0 Å². The van der Waals surface area contributed by atoms with Gasteiger partial charge in [0.15, 0.2) is 0 Å². The third kappa shape index (κ3) is 4.11. The van der Waals surface area contributed by atoms with Gasteiger partial charge in [0.25, 0.3) is 5.56 Å². The number of hydrogen-bond acceptors (Lipinski definition) is 6. The van der Waals surface area contributed by atoms with Gasteiger partial charge in [0.1, 0.15) is 11.5 Å². The third-order valence-electron chi connectivity index (χ3n) is 4.32. The van der Waals surface area contributed by atoms with Crippen LogP contribution in [-0.2, 0) is 7.05 Å². The van der Waals surface area contributed by atoms with Gasteiger partial charge in [-0.3, -0.25) is 9.69 Å². The Bertz CT molecular complexity index is 694. The van der Waals surface area contributed by atoms with E-state index in [2.05, 4.69) is 31.3 Å². The number of piperazine rings is 1. The Morgan fingerprint density at radius 3 is 2.71 bits per heavy atom. The molecule has 0 atom stereocenters. The van der Waals surface area contributed by atoms with Crippen LogP contribution in [0.5, 0.6) is 0 Å². The Labute approximate surface area is 141 Å². The van der Waals surface area contributed by atoms with Crippen LogP contribution in [0.1, 0.15) is 6.42 Å². The molecule has 1 fully saturated rings. The fraction of sp³-hybridized carbons (Fsp3) is 0.471. The van der Waals surface area contributed by atoms with E-state index in [9.17, 15) is 4.79 Å². The summed E-state index contributed by atoms with van der Waals surface area (Å²) in [5, 5.41) is 7.13. The maximum Gasteiger partial charge on any atom is 0.289 e. The van der Waals surface area contributed by atoms with Gasteiger partial charge in [0.2, 0.25) is 0 Å². The van der Waals surface area contributed by atoms with Crippen LogP contribution in [0.15, 0.2) is 41.5 Å². The number of nitrogens with one attached hydrogen (secondary N) is 1. The van der Waals surface area contributed by atoms with Crippen LogP contribution < -0.4 is 15.8 Å². The first kappa shape index (κ1) is 16.4. The number of hydrogen-bond donors (Lipinski definition) is 1. The Balaban J connectivity index is 1.38. The third-order valence-corrected chi connectivity index (χ3v) is 4.32. The van der Waals surface area contributed by atoms with E-state index in [-0.39, 0.29) is 5.56 Å². The maximum atomic E-state index is 11.9. The van der Waals surface area contributed by atoms with Gasteiger partial charge in [0, 0.05) is 52.2 Å². The van der Waals surface area contributed by atoms with Gasteiger partial charge in [-0.2, -0.15) is 5.10 Å². The van der Waals surface area contributed by atoms with Crippen molar-refractivity contribution >= 4 is 11.5 Å². The highest BCUT2D eigenvalue weighted by atomic mass is 16.1. The van der Waals surface area contributed by atoms with Gasteiger partial charge in [-0.15, -0.1) is 0 Å². The second kappa shape index (κ2) is 7.92. The molecule has 7 heteroatoms. The van der Waals surface area contributed by atoms with E-state index in [0.29, 0.717) is 5.69 Å². The molecular weight excluding hydrogens is 304 g/mol. The zero-order valence-corrected chi connectivity index (χ0v) is 14.1. The van der Waals surface area contributed by atoms with Crippen molar-refractivity contribution in [3.63, 3.8) is 0 Å². The topological polar surface area (TPSA) is 66.3 Å². The summed E-state index contributed by atoms with van der Waals surface area (Å²) in [6, 6.07) is 7.77. The second-order valence-corrected chi connectivity index (χ2v) is 5.97. The molecule has 24 heavy (non-hydrogen) atoms. The van der Waals surface area contributed by atoms with E-state index in [4.69, 9.17) is 0 Å². The summed E-state index contributed by atoms with van der Waals surface area (Å²) in [4.78, 5) is 21.1. The molecular formula is C17H24N6O. The Hall–Kier alpha value is -2.41. The van der Waals surface area contributed by atoms with Crippen LogP contribution in [0.4, 0.5) is 11.5 Å². The summed E-state index contributed by atoms with van der Waals surface area (Å²) in [6.45, 7) is 5.94. The quantitative estimate of drug-likeness (QED) is 0.791. The minimum Gasteiger partial charge on any atom is -0.380 e. The molecule has 1 N–H and O–H groups in total. The lowest BCUT2D eigenvalue weighted by atomic mass is 10.2. The average Bonchev–Trinajstić information content (AvgIpc) is 2.63. The van der Waals surface area contributed by atoms with E-state index in [1.807, 2.05) is 18.3 Å². The highest BCUT2D eigenvalue weighted by Crippen LogP contribution is 2.12. The first-order chi connectivity index (χ1) is 11.7. The molecule has 0 saturated carbocycles. The zero-order valence-electron chi connectivity index (χ0n) is 14.1. The summed E-state index contributed by atoms with van der Waals surface area (Å²) < 4.78 is 1.35. The number of aryl methyl sites for hydroxylation is 1. The molecule has 3 heterocycles. The van der Waals surface area contributed by atoms with Crippen molar-refractivity contribution in [2.75, 3.05) is 49.5 Å². The highest BCUT2D eigenvalue weighted by molar-refractivity contribution is 5.39. The lowest BCUT2D eigenvalue weighted by molar-refractivity contribution is 0.256. The van der Waals surface area contributed by atoms with E-state index < -0.39 is 0 Å². The van der Waals surface area contributed by atoms with Crippen LogP contribution in [0.2, 0.25) is 0 Å². The number of pyridine rings is 1. The fourth-order valence-corrected chi connectivity index (χ4v) is 2.91. The van der Waals surface area contributed by atoms with Crippen LogP contribution >= 0.6 is 0 Å². The molecule has 2 aromatic heterocycles. The summed E-state index contributed by atoms with van der Waals surface area (Å²) in [6.07, 6.45) is 4.49. The molecule has 0 aliphatic carbocycles. The Morgan fingerprint density at radius 2 is 1.96 bits per heavy atom. The fourth-order valence-electron chi connectivity index (χ4n) is 2.91. The standard InChI is InChI=1S/C17H24N6O/c1-21-17(24)15(6-9-20-21)18-8-4-10-22-11-13-23(14-12-22)16-5-2-3-7-19-16/h2-3,5-7,9,18H,4,8,10-14H2,1H3. The average molecular weight is 328 g/mol. The second-order valence-electron chi connectivity index (χ2n) is 5.97. The molecule has 0 radical (unpaired) electrons. The molecule has 0 spiro atoms. The molecule has 3 rings (SSSR count).